The molecule has 0 spiro atoms. The summed E-state index contributed by atoms with van der Waals surface area (Å²) in [6.07, 6.45) is 0. The van der Waals surface area contributed by atoms with Crippen LogP contribution in [0, 0.1) is 13.8 Å². The van der Waals surface area contributed by atoms with Crippen molar-refractivity contribution in [1.29, 1.82) is 0 Å². The molecule has 1 aromatic carbocycles. The fourth-order valence-electron chi connectivity index (χ4n) is 2.46. The predicted molar refractivity (Wildman–Crippen MR) is 82.4 cm³/mol. The Morgan fingerprint density at radius 2 is 2.05 bits per heavy atom. The van der Waals surface area contributed by atoms with Crippen LogP contribution in [0.2, 0.25) is 0 Å². The highest BCUT2D eigenvalue weighted by molar-refractivity contribution is 7.17. The molecule has 0 radical (unpaired) electrons. The molecule has 0 aliphatic heterocycles. The van der Waals surface area contributed by atoms with Crippen molar-refractivity contribution in [3.8, 4) is 17.0 Å². The third-order valence-corrected chi connectivity index (χ3v) is 4.64. The number of thiazole rings is 1. The number of aromatic nitrogens is 2. The first-order chi connectivity index (χ1) is 9.67. The molecule has 20 heavy (non-hydrogen) atoms. The maximum Gasteiger partial charge on any atom is 0.194 e. The molecule has 0 bridgehead atoms. The topological polar surface area (TPSA) is 52.5 Å². The van der Waals surface area contributed by atoms with Gasteiger partial charge in [-0.25, -0.2) is 4.98 Å². The van der Waals surface area contributed by atoms with E-state index in [0.29, 0.717) is 6.54 Å². The van der Waals surface area contributed by atoms with Crippen molar-refractivity contribution in [2.24, 2.45) is 5.73 Å². The molecule has 0 saturated heterocycles. The van der Waals surface area contributed by atoms with E-state index >= 15 is 0 Å². The van der Waals surface area contributed by atoms with E-state index in [2.05, 4.69) is 18.2 Å². The molecule has 2 N–H and O–H groups in total. The summed E-state index contributed by atoms with van der Waals surface area (Å²) in [6.45, 7) is 4.66. The second-order valence-electron chi connectivity index (χ2n) is 4.67. The zero-order valence-electron chi connectivity index (χ0n) is 11.8. The average molecular weight is 287 g/mol. The third-order valence-electron chi connectivity index (χ3n) is 3.59. The highest BCUT2D eigenvalue weighted by Crippen LogP contribution is 2.34. The number of hydrogen-bond donors (Lipinski definition) is 1. The van der Waals surface area contributed by atoms with E-state index in [1.165, 1.54) is 10.6 Å². The summed E-state index contributed by atoms with van der Waals surface area (Å²) in [5.41, 5.74) is 10.1. The largest absolute Gasteiger partial charge is 0.496 e. The van der Waals surface area contributed by atoms with Crippen LogP contribution in [0.25, 0.3) is 16.2 Å². The van der Waals surface area contributed by atoms with Crippen molar-refractivity contribution >= 4 is 16.3 Å². The third kappa shape index (κ3) is 1.82. The molecule has 2 heterocycles. The van der Waals surface area contributed by atoms with Crippen molar-refractivity contribution < 1.29 is 4.74 Å². The molecular formula is C15H17N3OS. The number of imidazole rings is 1. The van der Waals surface area contributed by atoms with E-state index in [1.807, 2.05) is 24.3 Å². The minimum atomic E-state index is 0.450. The fraction of sp³-hybridized carbons (Fsp3) is 0.267. The first-order valence-electron chi connectivity index (χ1n) is 6.48. The van der Waals surface area contributed by atoms with Gasteiger partial charge in [0.25, 0.3) is 0 Å². The highest BCUT2D eigenvalue weighted by Gasteiger charge is 2.19. The average Bonchev–Trinajstić information content (AvgIpc) is 2.96. The SMILES string of the molecule is COc1ccccc1-c1nc2sc(C)c(C)n2c1CN. The smallest absolute Gasteiger partial charge is 0.194 e. The Hall–Kier alpha value is -1.85. The summed E-state index contributed by atoms with van der Waals surface area (Å²) in [5.74, 6) is 0.822. The van der Waals surface area contributed by atoms with Crippen LogP contribution >= 0.6 is 11.3 Å². The number of ether oxygens (including phenoxy) is 1. The Balaban J connectivity index is 2.31. The van der Waals surface area contributed by atoms with Gasteiger partial charge < -0.3 is 10.5 Å². The van der Waals surface area contributed by atoms with Crippen LogP contribution in [0.4, 0.5) is 0 Å². The van der Waals surface area contributed by atoms with Crippen molar-refractivity contribution in [1.82, 2.24) is 9.38 Å². The summed E-state index contributed by atoms with van der Waals surface area (Å²) < 4.78 is 7.59. The Labute approximate surface area is 121 Å². The first kappa shape index (κ1) is 13.1. The zero-order chi connectivity index (χ0) is 14.3. The van der Waals surface area contributed by atoms with Gasteiger partial charge in [0.2, 0.25) is 0 Å². The number of fused-ring (bicyclic) bond motifs is 1. The van der Waals surface area contributed by atoms with Gasteiger partial charge in [0.15, 0.2) is 4.96 Å². The molecule has 5 heteroatoms. The minimum Gasteiger partial charge on any atom is -0.496 e. The van der Waals surface area contributed by atoms with Crippen LogP contribution in [-0.2, 0) is 6.54 Å². The van der Waals surface area contributed by atoms with Gasteiger partial charge in [0.05, 0.1) is 18.5 Å². The van der Waals surface area contributed by atoms with E-state index in [1.54, 1.807) is 18.4 Å². The molecule has 0 amide bonds. The monoisotopic (exact) mass is 287 g/mol. The number of nitrogens with zero attached hydrogens (tertiary/aromatic N) is 2. The van der Waals surface area contributed by atoms with Crippen molar-refractivity contribution in [2.75, 3.05) is 7.11 Å². The summed E-state index contributed by atoms with van der Waals surface area (Å²) in [5, 5.41) is 0. The number of rotatable bonds is 3. The molecule has 104 valence electrons. The maximum atomic E-state index is 5.97. The van der Waals surface area contributed by atoms with Crippen molar-refractivity contribution in [3.63, 3.8) is 0 Å². The summed E-state index contributed by atoms with van der Waals surface area (Å²) in [4.78, 5) is 7.02. The number of hydrogen-bond acceptors (Lipinski definition) is 4. The van der Waals surface area contributed by atoms with Crippen LogP contribution in [0.1, 0.15) is 16.3 Å². The van der Waals surface area contributed by atoms with Crippen molar-refractivity contribution in [2.45, 2.75) is 20.4 Å². The highest BCUT2D eigenvalue weighted by atomic mass is 32.1. The van der Waals surface area contributed by atoms with Gasteiger partial charge in [-0.2, -0.15) is 0 Å². The molecule has 2 aromatic heterocycles. The summed E-state index contributed by atoms with van der Waals surface area (Å²) >= 11 is 1.69. The van der Waals surface area contributed by atoms with Gasteiger partial charge in [0, 0.05) is 22.7 Å². The van der Waals surface area contributed by atoms with Gasteiger partial charge in [-0.05, 0) is 26.0 Å². The molecule has 0 unspecified atom stereocenters. The molecule has 3 aromatic rings. The Morgan fingerprint density at radius 1 is 1.30 bits per heavy atom. The molecule has 0 aliphatic rings. The van der Waals surface area contributed by atoms with E-state index in [-0.39, 0.29) is 0 Å². The Kier molecular flexibility index (Phi) is 3.23. The van der Waals surface area contributed by atoms with E-state index in [0.717, 1.165) is 27.7 Å². The quantitative estimate of drug-likeness (QED) is 0.805. The summed E-state index contributed by atoms with van der Waals surface area (Å²) in [7, 11) is 1.68. The van der Waals surface area contributed by atoms with Crippen LogP contribution < -0.4 is 10.5 Å². The number of benzene rings is 1. The predicted octanol–water partition coefficient (Wildman–Crippen LogP) is 3.15. The second-order valence-corrected chi connectivity index (χ2v) is 5.85. The second kappa shape index (κ2) is 4.92. The molecule has 0 fully saturated rings. The Bertz CT molecular complexity index is 773. The van der Waals surface area contributed by atoms with E-state index in [9.17, 15) is 0 Å². The van der Waals surface area contributed by atoms with E-state index < -0.39 is 0 Å². The number of para-hydroxylation sites is 1. The molecular weight excluding hydrogens is 270 g/mol. The fourth-order valence-corrected chi connectivity index (χ4v) is 3.45. The summed E-state index contributed by atoms with van der Waals surface area (Å²) in [6, 6.07) is 7.91. The van der Waals surface area contributed by atoms with Gasteiger partial charge in [-0.1, -0.05) is 12.1 Å². The van der Waals surface area contributed by atoms with Crippen LogP contribution in [0.5, 0.6) is 5.75 Å². The lowest BCUT2D eigenvalue weighted by atomic mass is 10.1. The molecule has 0 atom stereocenters. The first-order valence-corrected chi connectivity index (χ1v) is 7.29. The normalized spacial score (nSPS) is 11.2. The maximum absolute atomic E-state index is 5.97. The van der Waals surface area contributed by atoms with Gasteiger partial charge in [-0.15, -0.1) is 11.3 Å². The van der Waals surface area contributed by atoms with Crippen molar-refractivity contribution in [3.05, 3.63) is 40.5 Å². The number of aryl methyl sites for hydroxylation is 2. The number of methoxy groups -OCH3 is 1. The minimum absolute atomic E-state index is 0.450. The molecule has 0 aliphatic carbocycles. The lowest BCUT2D eigenvalue weighted by Crippen LogP contribution is -2.04. The van der Waals surface area contributed by atoms with E-state index in [4.69, 9.17) is 15.5 Å². The van der Waals surface area contributed by atoms with Gasteiger partial charge in [0.1, 0.15) is 5.75 Å². The van der Waals surface area contributed by atoms with Crippen LogP contribution in [-0.4, -0.2) is 16.5 Å². The molecule has 4 nitrogen and oxygen atoms in total. The Morgan fingerprint density at radius 3 is 2.75 bits per heavy atom. The molecule has 3 rings (SSSR count). The van der Waals surface area contributed by atoms with Crippen LogP contribution in [0.15, 0.2) is 24.3 Å². The van der Waals surface area contributed by atoms with Gasteiger partial charge in [-0.3, -0.25) is 4.40 Å². The van der Waals surface area contributed by atoms with Crippen LogP contribution in [0.3, 0.4) is 0 Å². The zero-order valence-corrected chi connectivity index (χ0v) is 12.6. The van der Waals surface area contributed by atoms with Gasteiger partial charge >= 0.3 is 0 Å². The standard InChI is InChI=1S/C15H17N3OS/c1-9-10(2)20-15-17-14(12(8-16)18(9)15)11-6-4-5-7-13(11)19-3/h4-7H,8,16H2,1-3H3. The number of nitrogens with two attached hydrogens (primary N) is 1. The lowest BCUT2D eigenvalue weighted by molar-refractivity contribution is 0.416. The molecule has 0 saturated carbocycles. The lowest BCUT2D eigenvalue weighted by Gasteiger charge is -2.08.